The van der Waals surface area contributed by atoms with Gasteiger partial charge in [0.25, 0.3) is 5.95 Å². The number of anilines is 2. The molecule has 0 radical (unpaired) electrons. The molecule has 0 bridgehead atoms. The molecule has 1 aromatic carbocycles. The highest BCUT2D eigenvalue weighted by Crippen LogP contribution is 2.41. The Hall–Kier alpha value is -2.85. The molecule has 1 N–H and O–H groups in total. The molecule has 2 aromatic rings. The van der Waals surface area contributed by atoms with Crippen LogP contribution < -0.4 is 10.2 Å². The Kier molecular flexibility index (Phi) is 5.29. The van der Waals surface area contributed by atoms with Crippen LogP contribution in [0.25, 0.3) is 0 Å². The number of carbonyl (C=O) groups excluding carboxylic acids is 1. The molecule has 1 saturated carbocycles. The summed E-state index contributed by atoms with van der Waals surface area (Å²) in [5, 5.41) is 14.9. The Morgan fingerprint density at radius 2 is 2.00 bits per heavy atom. The van der Waals surface area contributed by atoms with Crippen molar-refractivity contribution in [2.24, 2.45) is 7.05 Å². The highest BCUT2D eigenvalue weighted by molar-refractivity contribution is 5.89. The fourth-order valence-electron chi connectivity index (χ4n) is 3.80. The summed E-state index contributed by atoms with van der Waals surface area (Å²) in [4.78, 5) is 15.4. The van der Waals surface area contributed by atoms with Crippen LogP contribution in [-0.4, -0.2) is 38.9 Å². The van der Waals surface area contributed by atoms with Crippen LogP contribution >= 0.6 is 0 Å². The second-order valence-corrected chi connectivity index (χ2v) is 7.75. The third-order valence-electron chi connectivity index (χ3n) is 5.57. The second-order valence-electron chi connectivity index (χ2n) is 7.75. The molecule has 1 aliphatic heterocycles. The number of tetrazole rings is 1. The van der Waals surface area contributed by atoms with Gasteiger partial charge in [-0.25, -0.2) is 4.79 Å². The topological polar surface area (TPSA) is 85.2 Å². The van der Waals surface area contributed by atoms with E-state index in [2.05, 4.69) is 20.7 Å². The van der Waals surface area contributed by atoms with Crippen LogP contribution in [0.5, 0.6) is 0 Å². The van der Waals surface area contributed by atoms with Gasteiger partial charge in [0.15, 0.2) is 0 Å². The van der Waals surface area contributed by atoms with Crippen LogP contribution in [0.15, 0.2) is 12.1 Å². The van der Waals surface area contributed by atoms with Crippen molar-refractivity contribution in [2.75, 3.05) is 16.8 Å². The molecule has 8 nitrogen and oxygen atoms in total. The van der Waals surface area contributed by atoms with Gasteiger partial charge in [-0.3, -0.25) is 4.90 Å². The molecular formula is C19H23F3N6O2. The Morgan fingerprint density at radius 3 is 2.60 bits per heavy atom. The minimum Gasteiger partial charge on any atom is -0.446 e. The summed E-state index contributed by atoms with van der Waals surface area (Å²) in [6.07, 6.45) is -1.55. The quantitative estimate of drug-likeness (QED) is 0.802. The lowest BCUT2D eigenvalue weighted by atomic mass is 9.96. The molecule has 162 valence electrons. The summed E-state index contributed by atoms with van der Waals surface area (Å²) in [5.41, 5.74) is 0.113. The van der Waals surface area contributed by atoms with Crippen molar-refractivity contribution in [3.05, 3.63) is 28.8 Å². The van der Waals surface area contributed by atoms with E-state index in [-0.39, 0.29) is 35.9 Å². The number of fused-ring (bicyclic) bond motifs is 1. The number of rotatable bonds is 3. The van der Waals surface area contributed by atoms with Gasteiger partial charge in [0.1, 0.15) is 6.10 Å². The maximum Gasteiger partial charge on any atom is 0.416 e. The molecule has 1 aliphatic carbocycles. The minimum atomic E-state index is -4.52. The lowest BCUT2D eigenvalue weighted by molar-refractivity contribution is -0.138. The van der Waals surface area contributed by atoms with E-state index in [0.29, 0.717) is 18.4 Å². The number of benzene rings is 1. The molecule has 4 rings (SSSR count). The van der Waals surface area contributed by atoms with Gasteiger partial charge >= 0.3 is 12.3 Å². The van der Waals surface area contributed by atoms with E-state index in [1.54, 1.807) is 7.05 Å². The molecule has 1 aromatic heterocycles. The maximum absolute atomic E-state index is 13.6. The van der Waals surface area contributed by atoms with Crippen molar-refractivity contribution in [1.82, 2.24) is 20.2 Å². The van der Waals surface area contributed by atoms with Crippen molar-refractivity contribution in [3.63, 3.8) is 0 Å². The van der Waals surface area contributed by atoms with Crippen molar-refractivity contribution >= 4 is 17.7 Å². The molecule has 1 amide bonds. The zero-order valence-corrected chi connectivity index (χ0v) is 16.7. The van der Waals surface area contributed by atoms with Crippen LogP contribution in [0, 0.1) is 6.92 Å². The van der Waals surface area contributed by atoms with Gasteiger partial charge in [0.2, 0.25) is 0 Å². The fourth-order valence-corrected chi connectivity index (χ4v) is 3.80. The zero-order chi connectivity index (χ0) is 21.5. The molecule has 0 spiro atoms. The number of hydrogen-bond donors (Lipinski definition) is 1. The third-order valence-corrected chi connectivity index (χ3v) is 5.57. The van der Waals surface area contributed by atoms with Gasteiger partial charge in [0.05, 0.1) is 24.3 Å². The predicted molar refractivity (Wildman–Crippen MR) is 102 cm³/mol. The van der Waals surface area contributed by atoms with E-state index in [1.165, 1.54) is 22.7 Å². The van der Waals surface area contributed by atoms with Crippen LogP contribution in [0.1, 0.15) is 54.8 Å². The molecular weight excluding hydrogens is 401 g/mol. The number of aromatic nitrogens is 4. The lowest BCUT2D eigenvalue weighted by Crippen LogP contribution is -2.37. The molecule has 30 heavy (non-hydrogen) atoms. The first kappa shape index (κ1) is 20.4. The van der Waals surface area contributed by atoms with Gasteiger partial charge in [-0.05, 0) is 61.4 Å². The number of nitrogens with zero attached hydrogens (tertiary/aromatic N) is 5. The zero-order valence-electron chi connectivity index (χ0n) is 16.7. The molecule has 2 heterocycles. The molecule has 1 atom stereocenters. The average molecular weight is 424 g/mol. The second kappa shape index (κ2) is 7.77. The first-order chi connectivity index (χ1) is 14.2. The van der Waals surface area contributed by atoms with Gasteiger partial charge < -0.3 is 10.1 Å². The van der Waals surface area contributed by atoms with E-state index in [4.69, 9.17) is 4.74 Å². The Morgan fingerprint density at radius 1 is 1.23 bits per heavy atom. The fraction of sp³-hybridized carbons (Fsp3) is 0.579. The van der Waals surface area contributed by atoms with Gasteiger partial charge in [-0.15, -0.1) is 5.10 Å². The average Bonchev–Trinajstić information content (AvgIpc) is 2.96. The van der Waals surface area contributed by atoms with Crippen molar-refractivity contribution in [1.29, 1.82) is 0 Å². The highest BCUT2D eigenvalue weighted by atomic mass is 19.4. The lowest BCUT2D eigenvalue weighted by Gasteiger charge is -2.30. The maximum atomic E-state index is 13.6. The SMILES string of the molecule is Cc1cc2c(cc1C(F)(F)F)N(C(=O)OC1CCC1)CCCC2Nc1nnn(C)n1. The first-order valence-corrected chi connectivity index (χ1v) is 9.93. The summed E-state index contributed by atoms with van der Waals surface area (Å²) in [6.45, 7) is 1.69. The van der Waals surface area contributed by atoms with Crippen LogP contribution in [0.3, 0.4) is 0 Å². The van der Waals surface area contributed by atoms with E-state index in [9.17, 15) is 18.0 Å². The molecule has 2 aliphatic rings. The Labute approximate surface area is 171 Å². The number of halogens is 3. The van der Waals surface area contributed by atoms with Crippen molar-refractivity contribution in [2.45, 2.75) is 57.3 Å². The molecule has 1 unspecified atom stereocenters. The number of ether oxygens (including phenoxy) is 1. The van der Waals surface area contributed by atoms with Gasteiger partial charge in [-0.1, -0.05) is 11.2 Å². The third kappa shape index (κ3) is 4.05. The van der Waals surface area contributed by atoms with Crippen molar-refractivity contribution < 1.29 is 22.7 Å². The Bertz CT molecular complexity index is 941. The summed E-state index contributed by atoms with van der Waals surface area (Å²) >= 11 is 0. The summed E-state index contributed by atoms with van der Waals surface area (Å²) in [5.74, 6) is 0.275. The van der Waals surface area contributed by atoms with Crippen LogP contribution in [0.4, 0.5) is 29.6 Å². The Balaban J connectivity index is 1.73. The number of alkyl halides is 3. The van der Waals surface area contributed by atoms with Crippen molar-refractivity contribution in [3.8, 4) is 0 Å². The number of hydrogen-bond acceptors (Lipinski definition) is 6. The van der Waals surface area contributed by atoms with Crippen LogP contribution in [-0.2, 0) is 18.0 Å². The standard InChI is InChI=1S/C19H23F3N6O2/c1-11-9-13-15(23-17-24-26-27(2)25-17)7-4-8-28(18(29)30-12-5-3-6-12)16(13)10-14(11)19(20,21)22/h9-10,12,15H,3-8H2,1-2H3,(H,23,25). The van der Waals surface area contributed by atoms with E-state index in [0.717, 1.165) is 25.3 Å². The predicted octanol–water partition coefficient (Wildman–Crippen LogP) is 3.98. The highest BCUT2D eigenvalue weighted by Gasteiger charge is 2.37. The smallest absolute Gasteiger partial charge is 0.416 e. The van der Waals surface area contributed by atoms with Gasteiger partial charge in [0, 0.05) is 6.54 Å². The summed E-state index contributed by atoms with van der Waals surface area (Å²) < 4.78 is 46.3. The van der Waals surface area contributed by atoms with E-state index >= 15 is 0 Å². The number of aryl methyl sites for hydroxylation is 2. The van der Waals surface area contributed by atoms with E-state index < -0.39 is 17.8 Å². The largest absolute Gasteiger partial charge is 0.446 e. The van der Waals surface area contributed by atoms with Gasteiger partial charge in [-0.2, -0.15) is 18.0 Å². The summed E-state index contributed by atoms with van der Waals surface area (Å²) in [7, 11) is 1.62. The van der Waals surface area contributed by atoms with E-state index in [1.807, 2.05) is 0 Å². The van der Waals surface area contributed by atoms with Crippen LogP contribution in [0.2, 0.25) is 0 Å². The number of carbonyl (C=O) groups is 1. The summed E-state index contributed by atoms with van der Waals surface area (Å²) in [6, 6.07) is 2.17. The molecule has 11 heteroatoms. The monoisotopic (exact) mass is 424 g/mol. The molecule has 1 fully saturated rings. The molecule has 0 saturated heterocycles. The number of amides is 1. The first-order valence-electron chi connectivity index (χ1n) is 9.93. The normalized spacial score (nSPS) is 19.6. The minimum absolute atomic E-state index is 0.0920. The number of nitrogens with one attached hydrogen (secondary N) is 1.